The Morgan fingerprint density at radius 3 is 2.84 bits per heavy atom. The summed E-state index contributed by atoms with van der Waals surface area (Å²) >= 11 is 0. The Labute approximate surface area is 120 Å². The highest BCUT2D eigenvalue weighted by molar-refractivity contribution is 7.89. The van der Waals surface area contributed by atoms with Crippen molar-refractivity contribution in [2.45, 2.75) is 31.3 Å². The van der Waals surface area contributed by atoms with E-state index < -0.39 is 10.0 Å². The molecule has 1 fully saturated rings. The molecule has 1 unspecified atom stereocenters. The van der Waals surface area contributed by atoms with Crippen molar-refractivity contribution < 1.29 is 8.42 Å². The average molecular weight is 309 g/mol. The van der Waals surface area contributed by atoms with Crippen LogP contribution in [0.2, 0.25) is 0 Å². The number of piperidine rings is 1. The summed E-state index contributed by atoms with van der Waals surface area (Å²) in [5.41, 5.74) is 5.63. The fourth-order valence-electron chi connectivity index (χ4n) is 2.22. The summed E-state index contributed by atoms with van der Waals surface area (Å²) in [5.74, 6) is 0.266. The second-order valence-corrected chi connectivity index (χ2v) is 6.53. The topological polar surface area (TPSA) is 81.2 Å². The van der Waals surface area contributed by atoms with Crippen molar-refractivity contribution in [3.8, 4) is 0 Å². The molecular formula is C11H21ClN4O2S. The van der Waals surface area contributed by atoms with Crippen LogP contribution in [0, 0.1) is 5.92 Å². The van der Waals surface area contributed by atoms with Gasteiger partial charge in [0.25, 0.3) is 10.0 Å². The monoisotopic (exact) mass is 308 g/mol. The molecule has 1 atom stereocenters. The van der Waals surface area contributed by atoms with Crippen molar-refractivity contribution >= 4 is 22.4 Å². The van der Waals surface area contributed by atoms with E-state index in [1.165, 1.54) is 4.31 Å². The largest absolute Gasteiger partial charge is 0.336 e. The van der Waals surface area contributed by atoms with E-state index in [1.807, 2.05) is 6.92 Å². The van der Waals surface area contributed by atoms with Crippen molar-refractivity contribution in [1.82, 2.24) is 13.9 Å². The molecule has 6 nitrogen and oxygen atoms in total. The Morgan fingerprint density at radius 1 is 1.53 bits per heavy atom. The SMILES string of the molecule is CCn1cnc(S(=O)(=O)N2CCCC(CN)C2)c1.Cl. The summed E-state index contributed by atoms with van der Waals surface area (Å²) in [4.78, 5) is 3.99. The first kappa shape index (κ1) is 16.4. The number of hydrogen-bond donors (Lipinski definition) is 1. The number of hydrogen-bond acceptors (Lipinski definition) is 4. The molecule has 1 aromatic heterocycles. The van der Waals surface area contributed by atoms with E-state index in [2.05, 4.69) is 4.98 Å². The second-order valence-electron chi connectivity index (χ2n) is 4.65. The lowest BCUT2D eigenvalue weighted by molar-refractivity contribution is 0.271. The van der Waals surface area contributed by atoms with Crippen molar-refractivity contribution in [1.29, 1.82) is 0 Å². The lowest BCUT2D eigenvalue weighted by atomic mass is 10.0. The van der Waals surface area contributed by atoms with Gasteiger partial charge in [0.15, 0.2) is 5.03 Å². The van der Waals surface area contributed by atoms with Gasteiger partial charge in [-0.25, -0.2) is 13.4 Å². The van der Waals surface area contributed by atoms with Crippen LogP contribution in [-0.2, 0) is 16.6 Å². The number of imidazole rings is 1. The van der Waals surface area contributed by atoms with Gasteiger partial charge in [-0.15, -0.1) is 12.4 Å². The molecule has 8 heteroatoms. The quantitative estimate of drug-likeness (QED) is 0.887. The van der Waals surface area contributed by atoms with Crippen LogP contribution >= 0.6 is 12.4 Å². The minimum atomic E-state index is -3.45. The highest BCUT2D eigenvalue weighted by Gasteiger charge is 2.31. The van der Waals surface area contributed by atoms with Gasteiger partial charge in [0, 0.05) is 25.8 Å². The van der Waals surface area contributed by atoms with Crippen LogP contribution in [0.1, 0.15) is 19.8 Å². The predicted molar refractivity (Wildman–Crippen MR) is 75.7 cm³/mol. The molecule has 2 N–H and O–H groups in total. The predicted octanol–water partition coefficient (Wildman–Crippen LogP) is 0.684. The molecule has 0 spiro atoms. The van der Waals surface area contributed by atoms with Gasteiger partial charge < -0.3 is 10.3 Å². The average Bonchev–Trinajstić information content (AvgIpc) is 2.88. The van der Waals surface area contributed by atoms with Gasteiger partial charge in [-0.1, -0.05) is 0 Å². The first-order valence-corrected chi connectivity index (χ1v) is 7.74. The maximum absolute atomic E-state index is 12.4. The molecule has 1 saturated heterocycles. The lowest BCUT2D eigenvalue weighted by Gasteiger charge is -2.30. The molecule has 110 valence electrons. The van der Waals surface area contributed by atoms with Crippen LogP contribution in [-0.4, -0.2) is 41.9 Å². The Kier molecular flexibility index (Phi) is 5.79. The number of halogens is 1. The van der Waals surface area contributed by atoms with Gasteiger partial charge in [-0.2, -0.15) is 4.31 Å². The third-order valence-electron chi connectivity index (χ3n) is 3.39. The maximum Gasteiger partial charge on any atom is 0.262 e. The number of nitrogens with zero attached hydrogens (tertiary/aromatic N) is 3. The minimum Gasteiger partial charge on any atom is -0.336 e. The lowest BCUT2D eigenvalue weighted by Crippen LogP contribution is -2.42. The van der Waals surface area contributed by atoms with E-state index in [-0.39, 0.29) is 23.4 Å². The molecular weight excluding hydrogens is 288 g/mol. The highest BCUT2D eigenvalue weighted by atomic mass is 35.5. The summed E-state index contributed by atoms with van der Waals surface area (Å²) in [6.45, 7) is 4.28. The molecule has 19 heavy (non-hydrogen) atoms. The van der Waals surface area contributed by atoms with Crippen LogP contribution in [0.4, 0.5) is 0 Å². The molecule has 0 aliphatic carbocycles. The third kappa shape index (κ3) is 3.47. The summed E-state index contributed by atoms with van der Waals surface area (Å²) < 4.78 is 28.0. The smallest absolute Gasteiger partial charge is 0.262 e. The number of aryl methyl sites for hydroxylation is 1. The van der Waals surface area contributed by atoms with Crippen LogP contribution in [0.3, 0.4) is 0 Å². The van der Waals surface area contributed by atoms with Gasteiger partial charge >= 0.3 is 0 Å². The minimum absolute atomic E-state index is 0. The first-order valence-electron chi connectivity index (χ1n) is 6.30. The molecule has 2 rings (SSSR count). The van der Waals surface area contributed by atoms with E-state index in [9.17, 15) is 8.42 Å². The first-order chi connectivity index (χ1) is 8.57. The Balaban J connectivity index is 0.00000180. The van der Waals surface area contributed by atoms with E-state index >= 15 is 0 Å². The van der Waals surface area contributed by atoms with Gasteiger partial charge in [0.2, 0.25) is 0 Å². The van der Waals surface area contributed by atoms with Gasteiger partial charge in [-0.3, -0.25) is 0 Å². The fourth-order valence-corrected chi connectivity index (χ4v) is 3.71. The molecule has 0 saturated carbocycles. The Hall–Kier alpha value is -0.630. The van der Waals surface area contributed by atoms with Crippen molar-refractivity contribution in [3.05, 3.63) is 12.5 Å². The maximum atomic E-state index is 12.4. The van der Waals surface area contributed by atoms with Crippen LogP contribution in [0.25, 0.3) is 0 Å². The normalized spacial score (nSPS) is 21.1. The standard InChI is InChI=1S/C11H20N4O2S.ClH/c1-2-14-8-11(13-9-14)18(16,17)15-5-3-4-10(6-12)7-15;/h8-10H,2-7,12H2,1H3;1H. The molecule has 2 heterocycles. The zero-order valence-electron chi connectivity index (χ0n) is 11.0. The van der Waals surface area contributed by atoms with E-state index in [1.54, 1.807) is 17.1 Å². The molecule has 1 aliphatic rings. The third-order valence-corrected chi connectivity index (χ3v) is 5.14. The van der Waals surface area contributed by atoms with Crippen LogP contribution in [0.5, 0.6) is 0 Å². The fraction of sp³-hybridized carbons (Fsp3) is 0.727. The van der Waals surface area contributed by atoms with E-state index in [0.29, 0.717) is 26.2 Å². The van der Waals surface area contributed by atoms with Gasteiger partial charge in [0.05, 0.1) is 6.33 Å². The number of sulfonamides is 1. The summed E-state index contributed by atoms with van der Waals surface area (Å²) in [7, 11) is -3.45. The van der Waals surface area contributed by atoms with Gasteiger partial charge in [-0.05, 0) is 32.2 Å². The molecule has 0 amide bonds. The summed E-state index contributed by atoms with van der Waals surface area (Å²) in [6.07, 6.45) is 5.01. The Bertz CT molecular complexity index is 503. The second kappa shape index (κ2) is 6.69. The van der Waals surface area contributed by atoms with Crippen LogP contribution in [0.15, 0.2) is 17.6 Å². The summed E-state index contributed by atoms with van der Waals surface area (Å²) in [6, 6.07) is 0. The van der Waals surface area contributed by atoms with Crippen molar-refractivity contribution in [2.24, 2.45) is 11.7 Å². The summed E-state index contributed by atoms with van der Waals surface area (Å²) in [5, 5.41) is 0.141. The number of rotatable bonds is 4. The molecule has 0 bridgehead atoms. The Morgan fingerprint density at radius 2 is 2.26 bits per heavy atom. The highest BCUT2D eigenvalue weighted by Crippen LogP contribution is 2.22. The van der Waals surface area contributed by atoms with Crippen LogP contribution < -0.4 is 5.73 Å². The number of nitrogens with two attached hydrogens (primary N) is 1. The molecule has 0 aromatic carbocycles. The molecule has 1 aliphatic heterocycles. The van der Waals surface area contributed by atoms with Crippen molar-refractivity contribution in [2.75, 3.05) is 19.6 Å². The molecule has 1 aromatic rings. The van der Waals surface area contributed by atoms with E-state index in [4.69, 9.17) is 5.73 Å². The zero-order chi connectivity index (χ0) is 13.2. The van der Waals surface area contributed by atoms with Gasteiger partial charge in [0.1, 0.15) is 0 Å². The van der Waals surface area contributed by atoms with Crippen molar-refractivity contribution in [3.63, 3.8) is 0 Å². The van der Waals surface area contributed by atoms with E-state index in [0.717, 1.165) is 12.8 Å². The number of aromatic nitrogens is 2. The molecule has 0 radical (unpaired) electrons. The zero-order valence-corrected chi connectivity index (χ0v) is 12.7.